The second kappa shape index (κ2) is 8.82. The van der Waals surface area contributed by atoms with Gasteiger partial charge in [-0.25, -0.2) is 0 Å². The SMILES string of the molecule is Br.Cc1ccc(CC(CO)NCc2ccccc2)cc1O. The second-order valence-corrected chi connectivity index (χ2v) is 5.07. The van der Waals surface area contributed by atoms with Gasteiger partial charge in [0.2, 0.25) is 0 Å². The molecule has 0 spiro atoms. The quantitative estimate of drug-likeness (QED) is 0.749. The van der Waals surface area contributed by atoms with Crippen LogP contribution in [0.4, 0.5) is 0 Å². The number of aryl methyl sites for hydroxylation is 1. The number of aliphatic hydroxyl groups is 1. The largest absolute Gasteiger partial charge is 0.508 e. The molecule has 0 saturated heterocycles. The lowest BCUT2D eigenvalue weighted by Crippen LogP contribution is -2.34. The van der Waals surface area contributed by atoms with Crippen LogP contribution in [0.25, 0.3) is 0 Å². The third-order valence-electron chi connectivity index (χ3n) is 3.41. The van der Waals surface area contributed by atoms with Crippen molar-refractivity contribution in [2.24, 2.45) is 0 Å². The number of hydrogen-bond donors (Lipinski definition) is 3. The van der Waals surface area contributed by atoms with E-state index in [1.807, 2.05) is 37.3 Å². The molecule has 3 N–H and O–H groups in total. The lowest BCUT2D eigenvalue weighted by Gasteiger charge is -2.17. The normalized spacial score (nSPS) is 11.7. The minimum Gasteiger partial charge on any atom is -0.508 e. The maximum Gasteiger partial charge on any atom is 0.118 e. The Morgan fingerprint density at radius 1 is 1.05 bits per heavy atom. The summed E-state index contributed by atoms with van der Waals surface area (Å²) in [6, 6.07) is 15.7. The van der Waals surface area contributed by atoms with Crippen LogP contribution in [-0.4, -0.2) is 22.9 Å². The number of nitrogens with one attached hydrogen (secondary N) is 1. The van der Waals surface area contributed by atoms with Crippen LogP contribution in [0.3, 0.4) is 0 Å². The van der Waals surface area contributed by atoms with Gasteiger partial charge in [0, 0.05) is 12.6 Å². The first-order valence-electron chi connectivity index (χ1n) is 6.85. The zero-order valence-electron chi connectivity index (χ0n) is 12.1. The van der Waals surface area contributed by atoms with E-state index in [0.717, 1.165) is 17.7 Å². The highest BCUT2D eigenvalue weighted by atomic mass is 79.9. The van der Waals surface area contributed by atoms with E-state index >= 15 is 0 Å². The summed E-state index contributed by atoms with van der Waals surface area (Å²) in [6.07, 6.45) is 0.692. The van der Waals surface area contributed by atoms with Crippen LogP contribution in [0, 0.1) is 6.92 Å². The van der Waals surface area contributed by atoms with E-state index in [-0.39, 0.29) is 29.6 Å². The average molecular weight is 352 g/mol. The molecule has 2 aromatic carbocycles. The maximum atomic E-state index is 9.71. The molecule has 0 saturated carbocycles. The third-order valence-corrected chi connectivity index (χ3v) is 3.41. The molecule has 0 aliphatic rings. The van der Waals surface area contributed by atoms with E-state index in [0.29, 0.717) is 12.2 Å². The Labute approximate surface area is 136 Å². The summed E-state index contributed by atoms with van der Waals surface area (Å²) in [4.78, 5) is 0. The van der Waals surface area contributed by atoms with Gasteiger partial charge in [-0.05, 0) is 36.1 Å². The van der Waals surface area contributed by atoms with Crippen LogP contribution in [0.5, 0.6) is 5.75 Å². The van der Waals surface area contributed by atoms with Gasteiger partial charge in [-0.3, -0.25) is 0 Å². The van der Waals surface area contributed by atoms with Gasteiger partial charge >= 0.3 is 0 Å². The fourth-order valence-electron chi connectivity index (χ4n) is 2.13. The first-order valence-corrected chi connectivity index (χ1v) is 6.85. The first kappa shape index (κ1) is 17.7. The summed E-state index contributed by atoms with van der Waals surface area (Å²) in [6.45, 7) is 2.67. The van der Waals surface area contributed by atoms with Crippen molar-refractivity contribution < 1.29 is 10.2 Å². The van der Waals surface area contributed by atoms with E-state index in [1.165, 1.54) is 5.56 Å². The molecule has 114 valence electrons. The first-order chi connectivity index (χ1) is 9.69. The molecule has 0 radical (unpaired) electrons. The molecule has 0 fully saturated rings. The van der Waals surface area contributed by atoms with Gasteiger partial charge in [-0.2, -0.15) is 0 Å². The standard InChI is InChI=1S/C17H21NO2.BrH/c1-13-7-8-15(10-17(13)20)9-16(12-19)18-11-14-5-3-2-4-6-14;/h2-8,10,16,18-20H,9,11-12H2,1H3;1H. The number of phenolic OH excluding ortho intramolecular Hbond substituents is 1. The van der Waals surface area contributed by atoms with Crippen LogP contribution in [0.1, 0.15) is 16.7 Å². The number of benzene rings is 2. The predicted octanol–water partition coefficient (Wildman–Crippen LogP) is 2.97. The number of rotatable bonds is 6. The van der Waals surface area contributed by atoms with Crippen molar-refractivity contribution in [2.75, 3.05) is 6.61 Å². The zero-order valence-corrected chi connectivity index (χ0v) is 13.8. The van der Waals surface area contributed by atoms with Crippen molar-refractivity contribution >= 4 is 17.0 Å². The monoisotopic (exact) mass is 351 g/mol. The highest BCUT2D eigenvalue weighted by Crippen LogP contribution is 2.18. The van der Waals surface area contributed by atoms with E-state index in [9.17, 15) is 10.2 Å². The Kier molecular flexibility index (Phi) is 7.43. The number of phenols is 1. The van der Waals surface area contributed by atoms with Crippen molar-refractivity contribution in [1.82, 2.24) is 5.32 Å². The van der Waals surface area contributed by atoms with Crippen LogP contribution in [0.2, 0.25) is 0 Å². The molecular weight excluding hydrogens is 330 g/mol. The Bertz CT molecular complexity index is 546. The van der Waals surface area contributed by atoms with Gasteiger partial charge in [0.1, 0.15) is 5.75 Å². The second-order valence-electron chi connectivity index (χ2n) is 5.07. The van der Waals surface area contributed by atoms with Gasteiger partial charge in [-0.15, -0.1) is 17.0 Å². The number of hydrogen-bond acceptors (Lipinski definition) is 3. The van der Waals surface area contributed by atoms with Gasteiger partial charge in [0.15, 0.2) is 0 Å². The van der Waals surface area contributed by atoms with Gasteiger partial charge < -0.3 is 15.5 Å². The minimum absolute atomic E-state index is 0. The number of halogens is 1. The van der Waals surface area contributed by atoms with Gasteiger partial charge in [-0.1, -0.05) is 42.5 Å². The van der Waals surface area contributed by atoms with Crippen LogP contribution in [-0.2, 0) is 13.0 Å². The smallest absolute Gasteiger partial charge is 0.118 e. The number of aliphatic hydroxyl groups excluding tert-OH is 1. The van der Waals surface area contributed by atoms with Crippen LogP contribution >= 0.6 is 17.0 Å². The van der Waals surface area contributed by atoms with Crippen LogP contribution < -0.4 is 5.32 Å². The highest BCUT2D eigenvalue weighted by Gasteiger charge is 2.09. The molecule has 2 rings (SSSR count). The summed E-state index contributed by atoms with van der Waals surface area (Å²) in [7, 11) is 0. The topological polar surface area (TPSA) is 52.5 Å². The Morgan fingerprint density at radius 2 is 1.76 bits per heavy atom. The van der Waals surface area contributed by atoms with Gasteiger partial charge in [0.25, 0.3) is 0 Å². The van der Waals surface area contributed by atoms with Gasteiger partial charge in [0.05, 0.1) is 6.61 Å². The summed E-state index contributed by atoms with van der Waals surface area (Å²) >= 11 is 0. The molecule has 3 nitrogen and oxygen atoms in total. The predicted molar refractivity (Wildman–Crippen MR) is 91.0 cm³/mol. The summed E-state index contributed by atoms with van der Waals surface area (Å²) in [5.74, 6) is 0.308. The lowest BCUT2D eigenvalue weighted by molar-refractivity contribution is 0.240. The molecule has 1 atom stereocenters. The fourth-order valence-corrected chi connectivity index (χ4v) is 2.13. The maximum absolute atomic E-state index is 9.71. The number of aromatic hydroxyl groups is 1. The summed E-state index contributed by atoms with van der Waals surface area (Å²) < 4.78 is 0. The molecule has 2 aromatic rings. The average Bonchev–Trinajstić information content (AvgIpc) is 2.48. The van der Waals surface area contributed by atoms with E-state index < -0.39 is 0 Å². The molecule has 0 aliphatic carbocycles. The van der Waals surface area contributed by atoms with Crippen molar-refractivity contribution in [3.8, 4) is 5.75 Å². The lowest BCUT2D eigenvalue weighted by atomic mass is 10.0. The molecule has 0 aliphatic heterocycles. The molecule has 4 heteroatoms. The highest BCUT2D eigenvalue weighted by molar-refractivity contribution is 8.93. The van der Waals surface area contributed by atoms with Crippen molar-refractivity contribution in [1.29, 1.82) is 0 Å². The van der Waals surface area contributed by atoms with Crippen molar-refractivity contribution in [3.63, 3.8) is 0 Å². The molecule has 1 unspecified atom stereocenters. The zero-order chi connectivity index (χ0) is 14.4. The minimum atomic E-state index is -0.0164. The Morgan fingerprint density at radius 3 is 2.38 bits per heavy atom. The molecule has 0 bridgehead atoms. The molecule has 0 heterocycles. The third kappa shape index (κ3) is 5.50. The Balaban J connectivity index is 0.00000220. The van der Waals surface area contributed by atoms with Crippen LogP contribution in [0.15, 0.2) is 48.5 Å². The molecule has 21 heavy (non-hydrogen) atoms. The Hall–Kier alpha value is -1.36. The van der Waals surface area contributed by atoms with Crippen molar-refractivity contribution in [3.05, 3.63) is 65.2 Å². The summed E-state index contributed by atoms with van der Waals surface area (Å²) in [5.41, 5.74) is 3.08. The summed E-state index contributed by atoms with van der Waals surface area (Å²) in [5, 5.41) is 22.5. The molecule has 0 aromatic heterocycles. The van der Waals surface area contributed by atoms with E-state index in [2.05, 4.69) is 17.4 Å². The van der Waals surface area contributed by atoms with E-state index in [1.54, 1.807) is 6.07 Å². The molecule has 0 amide bonds. The molecular formula is C17H22BrNO2. The van der Waals surface area contributed by atoms with Crippen molar-refractivity contribution in [2.45, 2.75) is 25.9 Å². The van der Waals surface area contributed by atoms with E-state index in [4.69, 9.17) is 0 Å². The fraction of sp³-hybridized carbons (Fsp3) is 0.294.